The summed E-state index contributed by atoms with van der Waals surface area (Å²) in [6, 6.07) is 11.0. The van der Waals surface area contributed by atoms with Crippen molar-refractivity contribution in [2.45, 2.75) is 59.8 Å². The summed E-state index contributed by atoms with van der Waals surface area (Å²) < 4.78 is 8.63. The van der Waals surface area contributed by atoms with Crippen LogP contribution >= 0.6 is 0 Å². The fraction of sp³-hybridized carbons (Fsp3) is 0.385. The molecule has 0 saturated carbocycles. The Morgan fingerprint density at radius 2 is 1.66 bits per heavy atom. The molecule has 0 saturated heterocycles. The molecule has 0 spiro atoms. The molecule has 3 heteroatoms. The van der Waals surface area contributed by atoms with Gasteiger partial charge in [-0.25, -0.2) is 9.55 Å². The Morgan fingerprint density at radius 1 is 0.966 bits per heavy atom. The van der Waals surface area contributed by atoms with E-state index >= 15 is 0 Å². The molecule has 0 radical (unpaired) electrons. The van der Waals surface area contributed by atoms with E-state index in [9.17, 15) is 0 Å². The summed E-state index contributed by atoms with van der Waals surface area (Å²) in [4.78, 5) is 4.86. The zero-order chi connectivity index (χ0) is 21.1. The maximum atomic E-state index is 6.42. The van der Waals surface area contributed by atoms with E-state index in [4.69, 9.17) is 9.40 Å². The van der Waals surface area contributed by atoms with Crippen LogP contribution in [0.1, 0.15) is 62.9 Å². The predicted octanol–water partition coefficient (Wildman–Crippen LogP) is 6.51. The Labute approximate surface area is 173 Å². The SMILES string of the molecule is Cc1c[n+](C)c(-c2c(C)ccc3c2oc2nc(C(C)(C)C)ccc23)cc1C(C)C. The molecule has 0 atom stereocenters. The molecule has 29 heavy (non-hydrogen) atoms. The number of furan rings is 1. The lowest BCUT2D eigenvalue weighted by atomic mass is 9.91. The summed E-state index contributed by atoms with van der Waals surface area (Å²) in [5.41, 5.74) is 8.91. The molecule has 0 fully saturated rings. The van der Waals surface area contributed by atoms with Crippen molar-refractivity contribution in [2.24, 2.45) is 7.05 Å². The van der Waals surface area contributed by atoms with E-state index in [1.807, 2.05) is 0 Å². The monoisotopic (exact) mass is 387 g/mol. The van der Waals surface area contributed by atoms with Gasteiger partial charge in [-0.1, -0.05) is 46.8 Å². The highest BCUT2D eigenvalue weighted by Gasteiger charge is 2.24. The molecule has 0 bridgehead atoms. The minimum Gasteiger partial charge on any atom is -0.437 e. The Bertz CT molecular complexity index is 1240. The van der Waals surface area contributed by atoms with E-state index in [1.165, 1.54) is 22.4 Å². The van der Waals surface area contributed by atoms with Crippen LogP contribution in [0, 0.1) is 13.8 Å². The van der Waals surface area contributed by atoms with Gasteiger partial charge in [-0.05, 0) is 43.0 Å². The van der Waals surface area contributed by atoms with E-state index in [2.05, 4.69) is 96.6 Å². The van der Waals surface area contributed by atoms with E-state index in [0.717, 1.165) is 33.3 Å². The van der Waals surface area contributed by atoms with Gasteiger partial charge in [0.2, 0.25) is 11.4 Å². The number of hydrogen-bond donors (Lipinski definition) is 0. The lowest BCUT2D eigenvalue weighted by Gasteiger charge is -2.16. The number of fused-ring (bicyclic) bond motifs is 3. The molecule has 3 aromatic heterocycles. The first-order valence-corrected chi connectivity index (χ1v) is 10.4. The van der Waals surface area contributed by atoms with Gasteiger partial charge in [0.05, 0.1) is 5.56 Å². The van der Waals surface area contributed by atoms with Crippen molar-refractivity contribution in [2.75, 3.05) is 0 Å². The Hall–Kier alpha value is -2.68. The smallest absolute Gasteiger partial charge is 0.227 e. The molecule has 0 aliphatic rings. The fourth-order valence-electron chi connectivity index (χ4n) is 4.22. The number of rotatable bonds is 2. The molecule has 4 aromatic rings. The molecule has 4 rings (SSSR count). The maximum Gasteiger partial charge on any atom is 0.227 e. The molecule has 0 aliphatic heterocycles. The number of aromatic nitrogens is 2. The predicted molar refractivity (Wildman–Crippen MR) is 120 cm³/mol. The summed E-state index contributed by atoms with van der Waals surface area (Å²) in [6.07, 6.45) is 2.22. The second-order valence-electron chi connectivity index (χ2n) is 9.60. The molecule has 0 N–H and O–H groups in total. The van der Waals surface area contributed by atoms with Crippen LogP contribution in [0.5, 0.6) is 0 Å². The van der Waals surface area contributed by atoms with E-state index in [0.29, 0.717) is 5.92 Å². The van der Waals surface area contributed by atoms with Gasteiger partial charge in [0.1, 0.15) is 7.05 Å². The highest BCUT2D eigenvalue weighted by Crippen LogP contribution is 2.38. The third kappa shape index (κ3) is 3.23. The van der Waals surface area contributed by atoms with Crippen LogP contribution in [0.15, 0.2) is 40.9 Å². The maximum absolute atomic E-state index is 6.42. The first kappa shape index (κ1) is 19.6. The van der Waals surface area contributed by atoms with Gasteiger partial charge in [-0.3, -0.25) is 0 Å². The summed E-state index contributed by atoms with van der Waals surface area (Å²) in [5.74, 6) is 0.473. The quantitative estimate of drug-likeness (QED) is 0.367. The Morgan fingerprint density at radius 3 is 2.31 bits per heavy atom. The van der Waals surface area contributed by atoms with E-state index in [-0.39, 0.29) is 5.41 Å². The lowest BCUT2D eigenvalue weighted by molar-refractivity contribution is -0.660. The van der Waals surface area contributed by atoms with Gasteiger partial charge in [-0.2, -0.15) is 0 Å². The summed E-state index contributed by atoms with van der Waals surface area (Å²) in [7, 11) is 2.11. The molecule has 150 valence electrons. The normalized spacial score (nSPS) is 12.4. The number of nitrogens with zero attached hydrogens (tertiary/aromatic N) is 2. The van der Waals surface area contributed by atoms with Crippen molar-refractivity contribution in [3.63, 3.8) is 0 Å². The zero-order valence-electron chi connectivity index (χ0n) is 18.8. The van der Waals surface area contributed by atoms with Crippen LogP contribution < -0.4 is 4.57 Å². The van der Waals surface area contributed by atoms with Gasteiger partial charge in [0, 0.05) is 33.5 Å². The molecular weight excluding hydrogens is 356 g/mol. The van der Waals surface area contributed by atoms with Crippen molar-refractivity contribution < 1.29 is 8.98 Å². The van der Waals surface area contributed by atoms with Crippen molar-refractivity contribution in [1.82, 2.24) is 4.98 Å². The zero-order valence-corrected chi connectivity index (χ0v) is 18.8. The summed E-state index contributed by atoms with van der Waals surface area (Å²) in [5, 5.41) is 2.20. The third-order valence-corrected chi connectivity index (χ3v) is 5.88. The molecular formula is C26H31N2O+. The largest absolute Gasteiger partial charge is 0.437 e. The number of benzene rings is 1. The minimum atomic E-state index is -0.0124. The highest BCUT2D eigenvalue weighted by molar-refractivity contribution is 6.08. The van der Waals surface area contributed by atoms with Crippen LogP contribution in [0.3, 0.4) is 0 Å². The fourth-order valence-corrected chi connectivity index (χ4v) is 4.22. The van der Waals surface area contributed by atoms with E-state index in [1.54, 1.807) is 0 Å². The average molecular weight is 388 g/mol. The second-order valence-corrected chi connectivity index (χ2v) is 9.60. The Kier molecular flexibility index (Phi) is 4.53. The molecule has 0 amide bonds. The van der Waals surface area contributed by atoms with Crippen molar-refractivity contribution in [1.29, 1.82) is 0 Å². The lowest BCUT2D eigenvalue weighted by Crippen LogP contribution is -2.32. The third-order valence-electron chi connectivity index (χ3n) is 5.88. The number of pyridine rings is 2. The van der Waals surface area contributed by atoms with Crippen LogP contribution in [0.4, 0.5) is 0 Å². The first-order chi connectivity index (χ1) is 13.6. The highest BCUT2D eigenvalue weighted by atomic mass is 16.3. The van der Waals surface area contributed by atoms with Crippen LogP contribution in [0.25, 0.3) is 33.3 Å². The summed E-state index contributed by atoms with van der Waals surface area (Å²) in [6.45, 7) is 15.4. The molecule has 0 aliphatic carbocycles. The van der Waals surface area contributed by atoms with Crippen LogP contribution in [-0.4, -0.2) is 4.98 Å². The standard InChI is InChI=1S/C26H31N2O/c1-15(2)20-13-21(28(8)14-17(20)4)23-16(3)9-10-18-19-11-12-22(26(5,6)7)27-25(19)29-24(18)23/h9-15H,1-8H3/q+1. The van der Waals surface area contributed by atoms with Gasteiger partial charge < -0.3 is 4.42 Å². The molecule has 1 aromatic carbocycles. The summed E-state index contributed by atoms with van der Waals surface area (Å²) >= 11 is 0. The number of aryl methyl sites for hydroxylation is 3. The van der Waals surface area contributed by atoms with Crippen LogP contribution in [-0.2, 0) is 12.5 Å². The molecule has 3 heterocycles. The van der Waals surface area contributed by atoms with Gasteiger partial charge in [0.25, 0.3) is 0 Å². The van der Waals surface area contributed by atoms with Crippen molar-refractivity contribution in [3.8, 4) is 11.3 Å². The average Bonchev–Trinajstić information content (AvgIpc) is 2.99. The van der Waals surface area contributed by atoms with E-state index < -0.39 is 0 Å². The van der Waals surface area contributed by atoms with Crippen molar-refractivity contribution in [3.05, 3.63) is 58.9 Å². The van der Waals surface area contributed by atoms with Crippen LogP contribution in [0.2, 0.25) is 0 Å². The molecule has 0 unspecified atom stereocenters. The first-order valence-electron chi connectivity index (χ1n) is 10.4. The van der Waals surface area contributed by atoms with Gasteiger partial charge in [0.15, 0.2) is 11.8 Å². The number of hydrogen-bond acceptors (Lipinski definition) is 2. The Balaban J connectivity index is 2.05. The topological polar surface area (TPSA) is 29.9 Å². The van der Waals surface area contributed by atoms with Gasteiger partial charge in [-0.15, -0.1) is 0 Å². The molecule has 3 nitrogen and oxygen atoms in total. The minimum absolute atomic E-state index is 0.0124. The van der Waals surface area contributed by atoms with Crippen molar-refractivity contribution >= 4 is 22.1 Å². The second kappa shape index (κ2) is 6.69. The van der Waals surface area contributed by atoms with Gasteiger partial charge >= 0.3 is 0 Å².